The van der Waals surface area contributed by atoms with Crippen LogP contribution in [0.1, 0.15) is 31.0 Å². The molecule has 1 aromatic rings. The Morgan fingerprint density at radius 2 is 1.94 bits per heavy atom. The van der Waals surface area contributed by atoms with Crippen molar-refractivity contribution in [3.05, 3.63) is 35.4 Å². The molecule has 0 aliphatic carbocycles. The highest BCUT2D eigenvalue weighted by Crippen LogP contribution is 2.13. The molecule has 1 amide bonds. The van der Waals surface area contributed by atoms with Crippen LogP contribution in [0, 0.1) is 6.92 Å². The third-order valence-electron chi connectivity index (χ3n) is 2.58. The molecule has 0 heterocycles. The summed E-state index contributed by atoms with van der Waals surface area (Å²) in [5.41, 5.74) is 7.09. The number of amides is 1. The number of benzene rings is 1. The second-order valence-electron chi connectivity index (χ2n) is 4.92. The molecule has 0 aliphatic heterocycles. The van der Waals surface area contributed by atoms with Gasteiger partial charge in [0.05, 0.1) is 12.1 Å². The summed E-state index contributed by atoms with van der Waals surface area (Å²) < 4.78 is 0. The van der Waals surface area contributed by atoms with E-state index in [9.17, 15) is 4.79 Å². The average molecular weight is 236 g/mol. The van der Waals surface area contributed by atoms with E-state index in [0.717, 1.165) is 11.1 Å². The fraction of sp³-hybridized carbons (Fsp3) is 0.462. The first-order valence-electron chi connectivity index (χ1n) is 5.61. The first kappa shape index (κ1) is 13.7. The zero-order valence-corrected chi connectivity index (χ0v) is 10.5. The molecule has 4 N–H and O–H groups in total. The van der Waals surface area contributed by atoms with Crippen molar-refractivity contribution in [3.8, 4) is 0 Å². The lowest BCUT2D eigenvalue weighted by molar-refractivity contribution is -0.124. The lowest BCUT2D eigenvalue weighted by Crippen LogP contribution is -2.49. The lowest BCUT2D eigenvalue weighted by Gasteiger charge is -2.25. The van der Waals surface area contributed by atoms with Crippen LogP contribution in [-0.2, 0) is 4.79 Å². The van der Waals surface area contributed by atoms with Gasteiger partial charge in [-0.25, -0.2) is 0 Å². The summed E-state index contributed by atoms with van der Waals surface area (Å²) in [7, 11) is 0. The number of aliphatic hydroxyl groups excluding tert-OH is 1. The maximum Gasteiger partial charge on any atom is 0.242 e. The number of aryl methyl sites for hydroxylation is 1. The molecular formula is C13H20N2O2. The average Bonchev–Trinajstić information content (AvgIpc) is 2.28. The minimum absolute atomic E-state index is 0.126. The number of hydrogen-bond acceptors (Lipinski definition) is 3. The van der Waals surface area contributed by atoms with Gasteiger partial charge in [0.15, 0.2) is 0 Å². The monoisotopic (exact) mass is 236 g/mol. The van der Waals surface area contributed by atoms with E-state index in [1.165, 1.54) is 0 Å². The van der Waals surface area contributed by atoms with E-state index in [4.69, 9.17) is 10.8 Å². The number of aliphatic hydroxyl groups is 1. The van der Waals surface area contributed by atoms with Crippen molar-refractivity contribution in [2.24, 2.45) is 5.73 Å². The quantitative estimate of drug-likeness (QED) is 0.726. The van der Waals surface area contributed by atoms with Gasteiger partial charge in [-0.15, -0.1) is 0 Å². The lowest BCUT2D eigenvalue weighted by atomic mass is 10.0. The van der Waals surface area contributed by atoms with E-state index in [1.807, 2.05) is 31.2 Å². The van der Waals surface area contributed by atoms with Gasteiger partial charge in [-0.3, -0.25) is 4.79 Å². The summed E-state index contributed by atoms with van der Waals surface area (Å²) in [6, 6.07) is 6.80. The van der Waals surface area contributed by atoms with Crippen molar-refractivity contribution in [1.82, 2.24) is 5.32 Å². The molecular weight excluding hydrogens is 216 g/mol. The molecule has 17 heavy (non-hydrogen) atoms. The molecule has 1 unspecified atom stereocenters. The zero-order chi connectivity index (χ0) is 13.1. The van der Waals surface area contributed by atoms with Crippen molar-refractivity contribution in [2.75, 3.05) is 6.61 Å². The summed E-state index contributed by atoms with van der Waals surface area (Å²) in [6.45, 7) is 5.34. The van der Waals surface area contributed by atoms with E-state index in [-0.39, 0.29) is 12.5 Å². The van der Waals surface area contributed by atoms with Crippen molar-refractivity contribution in [2.45, 2.75) is 32.4 Å². The SMILES string of the molecule is Cc1ccc(C(N)C(=O)NC(C)(C)CO)cc1. The highest BCUT2D eigenvalue weighted by atomic mass is 16.3. The summed E-state index contributed by atoms with van der Waals surface area (Å²) in [5.74, 6) is -0.284. The predicted octanol–water partition coefficient (Wildman–Crippen LogP) is 0.882. The molecule has 0 saturated carbocycles. The number of carbonyl (C=O) groups excluding carboxylic acids is 1. The molecule has 1 atom stereocenters. The van der Waals surface area contributed by atoms with Gasteiger partial charge in [-0.1, -0.05) is 29.8 Å². The molecule has 0 bridgehead atoms. The highest BCUT2D eigenvalue weighted by molar-refractivity contribution is 5.83. The molecule has 0 aliphatic rings. The smallest absolute Gasteiger partial charge is 0.242 e. The number of rotatable bonds is 4. The molecule has 4 nitrogen and oxygen atoms in total. The van der Waals surface area contributed by atoms with E-state index < -0.39 is 11.6 Å². The molecule has 0 radical (unpaired) electrons. The molecule has 0 fully saturated rings. The minimum atomic E-state index is -0.707. The van der Waals surface area contributed by atoms with E-state index in [2.05, 4.69) is 5.32 Å². The number of nitrogens with two attached hydrogens (primary N) is 1. The topological polar surface area (TPSA) is 75.4 Å². The third-order valence-corrected chi connectivity index (χ3v) is 2.58. The Hall–Kier alpha value is -1.39. The first-order valence-corrected chi connectivity index (χ1v) is 5.61. The van der Waals surface area contributed by atoms with Gasteiger partial charge in [0.25, 0.3) is 0 Å². The second-order valence-corrected chi connectivity index (χ2v) is 4.92. The summed E-state index contributed by atoms with van der Waals surface area (Å²) in [4.78, 5) is 11.9. The van der Waals surface area contributed by atoms with Crippen LogP contribution in [0.5, 0.6) is 0 Å². The molecule has 4 heteroatoms. The van der Waals surface area contributed by atoms with Crippen molar-refractivity contribution < 1.29 is 9.90 Å². The summed E-state index contributed by atoms with van der Waals surface area (Å²) in [6.07, 6.45) is 0. The maximum atomic E-state index is 11.9. The van der Waals surface area contributed by atoms with E-state index in [1.54, 1.807) is 13.8 Å². The van der Waals surface area contributed by atoms with Crippen LogP contribution >= 0.6 is 0 Å². The van der Waals surface area contributed by atoms with E-state index >= 15 is 0 Å². The normalized spacial score (nSPS) is 13.2. The maximum absolute atomic E-state index is 11.9. The van der Waals surface area contributed by atoms with Gasteiger partial charge >= 0.3 is 0 Å². The molecule has 0 aromatic heterocycles. The second kappa shape index (κ2) is 5.29. The van der Waals surface area contributed by atoms with Crippen molar-refractivity contribution in [1.29, 1.82) is 0 Å². The van der Waals surface area contributed by atoms with Gasteiger partial charge in [0, 0.05) is 0 Å². The fourth-order valence-electron chi connectivity index (χ4n) is 1.38. The van der Waals surface area contributed by atoms with Crippen LogP contribution in [0.4, 0.5) is 0 Å². The summed E-state index contributed by atoms with van der Waals surface area (Å²) >= 11 is 0. The van der Waals surface area contributed by atoms with Crippen LogP contribution in [-0.4, -0.2) is 23.2 Å². The van der Waals surface area contributed by atoms with E-state index in [0.29, 0.717) is 0 Å². The number of hydrogen-bond donors (Lipinski definition) is 3. The Kier molecular flexibility index (Phi) is 4.26. The minimum Gasteiger partial charge on any atom is -0.394 e. The van der Waals surface area contributed by atoms with Gasteiger partial charge in [-0.05, 0) is 26.3 Å². The van der Waals surface area contributed by atoms with Crippen molar-refractivity contribution in [3.63, 3.8) is 0 Å². The van der Waals surface area contributed by atoms with Gasteiger partial charge in [0.2, 0.25) is 5.91 Å². The largest absolute Gasteiger partial charge is 0.394 e. The Bertz CT molecular complexity index is 385. The van der Waals surface area contributed by atoms with Crippen LogP contribution in [0.15, 0.2) is 24.3 Å². The van der Waals surface area contributed by atoms with Gasteiger partial charge < -0.3 is 16.2 Å². The van der Waals surface area contributed by atoms with Crippen LogP contribution in [0.2, 0.25) is 0 Å². The van der Waals surface area contributed by atoms with Crippen molar-refractivity contribution >= 4 is 5.91 Å². The molecule has 1 rings (SSSR count). The Balaban J connectivity index is 2.73. The first-order chi connectivity index (χ1) is 7.85. The fourth-order valence-corrected chi connectivity index (χ4v) is 1.38. The predicted molar refractivity (Wildman–Crippen MR) is 67.4 cm³/mol. The molecule has 0 saturated heterocycles. The van der Waals surface area contributed by atoms with Gasteiger partial charge in [-0.2, -0.15) is 0 Å². The van der Waals surface area contributed by atoms with Crippen LogP contribution < -0.4 is 11.1 Å². The molecule has 0 spiro atoms. The Morgan fingerprint density at radius 1 is 1.41 bits per heavy atom. The molecule has 94 valence electrons. The Morgan fingerprint density at radius 3 is 2.41 bits per heavy atom. The Labute approximate surface area is 102 Å². The standard InChI is InChI=1S/C13H20N2O2/c1-9-4-6-10(7-5-9)11(14)12(17)15-13(2,3)8-16/h4-7,11,16H,8,14H2,1-3H3,(H,15,17). The number of carbonyl (C=O) groups is 1. The van der Waals surface area contributed by atoms with Crippen LogP contribution in [0.3, 0.4) is 0 Å². The van der Waals surface area contributed by atoms with Crippen LogP contribution in [0.25, 0.3) is 0 Å². The zero-order valence-electron chi connectivity index (χ0n) is 10.5. The number of nitrogens with one attached hydrogen (secondary N) is 1. The molecule has 1 aromatic carbocycles. The van der Waals surface area contributed by atoms with Gasteiger partial charge in [0.1, 0.15) is 6.04 Å². The highest BCUT2D eigenvalue weighted by Gasteiger charge is 2.23. The third kappa shape index (κ3) is 3.84. The summed E-state index contributed by atoms with van der Waals surface area (Å²) in [5, 5.41) is 11.8.